The molecule has 0 bridgehead atoms. The second-order valence-corrected chi connectivity index (χ2v) is 6.55. The van der Waals surface area contributed by atoms with E-state index in [1.165, 1.54) is 0 Å². The highest BCUT2D eigenvalue weighted by Gasteiger charge is 2.41. The summed E-state index contributed by atoms with van der Waals surface area (Å²) in [6.07, 6.45) is 0.782. The van der Waals surface area contributed by atoms with Crippen LogP contribution in [-0.4, -0.2) is 18.1 Å². The molecule has 1 unspecified atom stereocenters. The topological polar surface area (TPSA) is 64.4 Å². The van der Waals surface area contributed by atoms with Gasteiger partial charge in [-0.05, 0) is 33.8 Å². The summed E-state index contributed by atoms with van der Waals surface area (Å²) in [6, 6.07) is 7.83. The maximum Gasteiger partial charge on any atom is 0.227 e. The van der Waals surface area contributed by atoms with E-state index in [1.54, 1.807) is 0 Å². The third kappa shape index (κ3) is 2.66. The molecule has 3 N–H and O–H groups in total. The van der Waals surface area contributed by atoms with Crippen LogP contribution in [0, 0.1) is 5.41 Å². The van der Waals surface area contributed by atoms with Gasteiger partial charge in [0.2, 0.25) is 5.91 Å². The Hall–Kier alpha value is -1.55. The number of amides is 1. The van der Waals surface area contributed by atoms with Crippen molar-refractivity contribution in [2.45, 2.75) is 45.7 Å². The van der Waals surface area contributed by atoms with Crippen molar-refractivity contribution in [1.82, 2.24) is 5.32 Å². The fourth-order valence-corrected chi connectivity index (χ4v) is 2.12. The van der Waals surface area contributed by atoms with Crippen molar-refractivity contribution >= 4 is 5.91 Å². The average molecular weight is 276 g/mol. The number of nitrogens with two attached hydrogens (primary N) is 1. The molecule has 1 atom stereocenters. The van der Waals surface area contributed by atoms with E-state index in [9.17, 15) is 4.79 Å². The summed E-state index contributed by atoms with van der Waals surface area (Å²) in [4.78, 5) is 12.6. The lowest BCUT2D eigenvalue weighted by Crippen LogP contribution is -2.56. The second kappa shape index (κ2) is 5.09. The number of ether oxygens (including phenoxy) is 1. The predicted molar refractivity (Wildman–Crippen MR) is 79.5 cm³/mol. The van der Waals surface area contributed by atoms with Crippen LogP contribution < -0.4 is 15.8 Å². The minimum Gasteiger partial charge on any atom is -0.493 e. The Labute approximate surface area is 120 Å². The van der Waals surface area contributed by atoms with Gasteiger partial charge in [0.05, 0.1) is 18.1 Å². The fraction of sp³-hybridized carbons (Fsp3) is 0.562. The van der Waals surface area contributed by atoms with Crippen molar-refractivity contribution in [2.24, 2.45) is 11.1 Å². The van der Waals surface area contributed by atoms with Crippen LogP contribution in [0.4, 0.5) is 0 Å². The Morgan fingerprint density at radius 3 is 2.60 bits per heavy atom. The van der Waals surface area contributed by atoms with Crippen LogP contribution in [-0.2, 0) is 4.79 Å². The molecule has 2 rings (SSSR count). The Morgan fingerprint density at radius 1 is 1.30 bits per heavy atom. The average Bonchev–Trinajstić information content (AvgIpc) is 2.37. The van der Waals surface area contributed by atoms with Crippen molar-refractivity contribution < 1.29 is 9.53 Å². The zero-order valence-corrected chi connectivity index (χ0v) is 12.7. The first-order chi connectivity index (χ1) is 9.23. The van der Waals surface area contributed by atoms with Gasteiger partial charge < -0.3 is 15.8 Å². The van der Waals surface area contributed by atoms with Crippen molar-refractivity contribution in [3.8, 4) is 5.75 Å². The van der Waals surface area contributed by atoms with Gasteiger partial charge in [-0.2, -0.15) is 0 Å². The summed E-state index contributed by atoms with van der Waals surface area (Å²) in [5.74, 6) is 0.834. The van der Waals surface area contributed by atoms with Gasteiger partial charge in [-0.1, -0.05) is 18.2 Å². The Morgan fingerprint density at radius 2 is 1.95 bits per heavy atom. The summed E-state index contributed by atoms with van der Waals surface area (Å²) in [5.41, 5.74) is 5.95. The third-order valence-corrected chi connectivity index (χ3v) is 4.44. The largest absolute Gasteiger partial charge is 0.493 e. The Kier molecular flexibility index (Phi) is 3.78. The molecule has 20 heavy (non-hydrogen) atoms. The first kappa shape index (κ1) is 14.9. The maximum atomic E-state index is 12.6. The monoisotopic (exact) mass is 276 g/mol. The number of para-hydroxylation sites is 1. The number of nitrogens with one attached hydrogen (secondary N) is 1. The third-order valence-electron chi connectivity index (χ3n) is 4.44. The van der Waals surface area contributed by atoms with Gasteiger partial charge in [0, 0.05) is 17.5 Å². The molecule has 0 radical (unpaired) electrons. The normalized spacial score (nSPS) is 18.9. The number of fused-ring (bicyclic) bond motifs is 1. The van der Waals surface area contributed by atoms with Crippen LogP contribution in [0.15, 0.2) is 24.3 Å². The van der Waals surface area contributed by atoms with Gasteiger partial charge in [0.1, 0.15) is 5.75 Å². The number of rotatable bonds is 3. The first-order valence-corrected chi connectivity index (χ1v) is 7.05. The van der Waals surface area contributed by atoms with Gasteiger partial charge in [-0.3, -0.25) is 4.79 Å². The molecule has 1 aromatic carbocycles. The van der Waals surface area contributed by atoms with Crippen LogP contribution in [0.1, 0.15) is 45.7 Å². The standard InChI is InChI=1S/C16H24N2O2/c1-15(2,16(3,4)17)14(19)18-12-9-10-20-13-8-6-5-7-11(12)13/h5-8,12H,9-10,17H2,1-4H3,(H,18,19). The van der Waals surface area contributed by atoms with Gasteiger partial charge in [-0.25, -0.2) is 0 Å². The molecule has 0 saturated heterocycles. The molecular weight excluding hydrogens is 252 g/mol. The van der Waals surface area contributed by atoms with E-state index in [0.717, 1.165) is 17.7 Å². The fourth-order valence-electron chi connectivity index (χ4n) is 2.12. The lowest BCUT2D eigenvalue weighted by molar-refractivity contribution is -0.133. The smallest absolute Gasteiger partial charge is 0.227 e. The summed E-state index contributed by atoms with van der Waals surface area (Å²) in [6.45, 7) is 8.14. The summed E-state index contributed by atoms with van der Waals surface area (Å²) in [5, 5.41) is 3.12. The lowest BCUT2D eigenvalue weighted by atomic mass is 9.74. The van der Waals surface area contributed by atoms with Crippen LogP contribution >= 0.6 is 0 Å². The van der Waals surface area contributed by atoms with E-state index in [4.69, 9.17) is 10.5 Å². The number of benzene rings is 1. The maximum absolute atomic E-state index is 12.6. The van der Waals surface area contributed by atoms with Crippen molar-refractivity contribution in [3.63, 3.8) is 0 Å². The number of carbonyl (C=O) groups excluding carboxylic acids is 1. The Bertz CT molecular complexity index is 503. The molecule has 0 aromatic heterocycles. The Balaban J connectivity index is 2.18. The van der Waals surface area contributed by atoms with Gasteiger partial charge >= 0.3 is 0 Å². The minimum absolute atomic E-state index is 0.00549. The molecule has 4 heteroatoms. The van der Waals surface area contributed by atoms with E-state index >= 15 is 0 Å². The molecule has 1 aliphatic heterocycles. The van der Waals surface area contributed by atoms with E-state index in [1.807, 2.05) is 52.0 Å². The SMILES string of the molecule is CC(C)(N)C(C)(C)C(=O)NC1CCOc2ccccc21. The van der Waals surface area contributed by atoms with Crippen molar-refractivity contribution in [1.29, 1.82) is 0 Å². The molecule has 0 aliphatic carbocycles. The highest BCUT2D eigenvalue weighted by Crippen LogP contribution is 2.34. The zero-order chi connectivity index (χ0) is 15.0. The molecule has 1 aromatic rings. The molecule has 0 spiro atoms. The minimum atomic E-state index is -0.639. The van der Waals surface area contributed by atoms with E-state index in [0.29, 0.717) is 6.61 Å². The molecular formula is C16H24N2O2. The van der Waals surface area contributed by atoms with Crippen molar-refractivity contribution in [3.05, 3.63) is 29.8 Å². The molecule has 110 valence electrons. The predicted octanol–water partition coefficient (Wildman–Crippen LogP) is 2.39. The molecule has 1 aliphatic rings. The molecule has 1 heterocycles. The van der Waals surface area contributed by atoms with Crippen LogP contribution in [0.5, 0.6) is 5.75 Å². The van der Waals surface area contributed by atoms with E-state index < -0.39 is 11.0 Å². The number of carbonyl (C=O) groups is 1. The second-order valence-electron chi connectivity index (χ2n) is 6.55. The van der Waals surface area contributed by atoms with Crippen LogP contribution in [0.3, 0.4) is 0 Å². The van der Waals surface area contributed by atoms with Gasteiger partial charge in [-0.15, -0.1) is 0 Å². The highest BCUT2D eigenvalue weighted by atomic mass is 16.5. The zero-order valence-electron chi connectivity index (χ0n) is 12.7. The highest BCUT2D eigenvalue weighted by molar-refractivity contribution is 5.83. The van der Waals surface area contributed by atoms with E-state index in [2.05, 4.69) is 5.32 Å². The first-order valence-electron chi connectivity index (χ1n) is 7.05. The number of hydrogen-bond donors (Lipinski definition) is 2. The van der Waals surface area contributed by atoms with Crippen molar-refractivity contribution in [2.75, 3.05) is 6.61 Å². The summed E-state index contributed by atoms with van der Waals surface area (Å²) < 4.78 is 5.61. The summed E-state index contributed by atoms with van der Waals surface area (Å²) in [7, 11) is 0. The molecule has 4 nitrogen and oxygen atoms in total. The van der Waals surface area contributed by atoms with Gasteiger partial charge in [0.15, 0.2) is 0 Å². The molecule has 1 amide bonds. The lowest BCUT2D eigenvalue weighted by Gasteiger charge is -2.38. The number of hydrogen-bond acceptors (Lipinski definition) is 3. The van der Waals surface area contributed by atoms with Gasteiger partial charge in [0.25, 0.3) is 0 Å². The van der Waals surface area contributed by atoms with E-state index in [-0.39, 0.29) is 11.9 Å². The quantitative estimate of drug-likeness (QED) is 0.891. The molecule has 0 saturated carbocycles. The molecule has 0 fully saturated rings. The van der Waals surface area contributed by atoms with Crippen LogP contribution in [0.2, 0.25) is 0 Å². The summed E-state index contributed by atoms with van der Waals surface area (Å²) >= 11 is 0. The van der Waals surface area contributed by atoms with Crippen LogP contribution in [0.25, 0.3) is 0 Å².